The zero-order valence-electron chi connectivity index (χ0n) is 17.8. The smallest absolute Gasteiger partial charge is 0.326 e. The third kappa shape index (κ3) is 9.28. The van der Waals surface area contributed by atoms with E-state index in [0.29, 0.717) is 12.2 Å². The molecule has 30 heavy (non-hydrogen) atoms. The highest BCUT2D eigenvalue weighted by molar-refractivity contribution is 7.98. The predicted molar refractivity (Wildman–Crippen MR) is 113 cm³/mol. The normalized spacial score (nSPS) is 17.0. The topological polar surface area (TPSA) is 191 Å². The van der Waals surface area contributed by atoms with E-state index in [1.165, 1.54) is 18.7 Å². The molecule has 3 amide bonds. The van der Waals surface area contributed by atoms with E-state index >= 15 is 0 Å². The van der Waals surface area contributed by atoms with Gasteiger partial charge in [0.15, 0.2) is 0 Å². The molecule has 0 saturated carbocycles. The Hall–Kier alpha value is -1.89. The number of amides is 3. The van der Waals surface area contributed by atoms with Gasteiger partial charge >= 0.3 is 5.97 Å². The monoisotopic (exact) mass is 450 g/mol. The van der Waals surface area contributed by atoms with Crippen LogP contribution in [0, 0.1) is 5.92 Å². The first-order valence-corrected chi connectivity index (χ1v) is 11.1. The highest BCUT2D eigenvalue weighted by atomic mass is 32.2. The Kier molecular flexibility index (Phi) is 13.3. The van der Waals surface area contributed by atoms with E-state index < -0.39 is 60.6 Å². The molecule has 0 aromatic rings. The zero-order valence-corrected chi connectivity index (χ0v) is 18.6. The molecule has 0 spiro atoms. The predicted octanol–water partition coefficient (Wildman–Crippen LogP) is -1.97. The number of nitrogens with one attached hydrogen (secondary N) is 3. The SMILES string of the molecule is CCC(C)C(NC(=O)C(CCSC)NC(=O)C(NC(=O)C(N)CO)C(C)O)C(=O)O. The van der Waals surface area contributed by atoms with Crippen molar-refractivity contribution >= 4 is 35.5 Å². The minimum atomic E-state index is -1.41. The Morgan fingerprint density at radius 2 is 1.57 bits per heavy atom. The summed E-state index contributed by atoms with van der Waals surface area (Å²) in [6.45, 7) is 4.12. The van der Waals surface area contributed by atoms with Gasteiger partial charge in [-0.3, -0.25) is 14.4 Å². The van der Waals surface area contributed by atoms with Gasteiger partial charge in [-0.05, 0) is 31.3 Å². The summed E-state index contributed by atoms with van der Waals surface area (Å²) in [7, 11) is 0. The minimum Gasteiger partial charge on any atom is -0.480 e. The largest absolute Gasteiger partial charge is 0.480 e. The van der Waals surface area contributed by atoms with Crippen molar-refractivity contribution < 1.29 is 34.5 Å². The fraction of sp³-hybridized carbons (Fsp3) is 0.778. The van der Waals surface area contributed by atoms with Crippen LogP contribution in [0.3, 0.4) is 0 Å². The number of nitrogens with two attached hydrogens (primary N) is 1. The Morgan fingerprint density at radius 3 is 2.00 bits per heavy atom. The quantitative estimate of drug-likeness (QED) is 0.157. The molecule has 0 aliphatic rings. The molecular formula is C18H34N4O7S. The molecule has 12 heteroatoms. The van der Waals surface area contributed by atoms with Crippen LogP contribution in [-0.2, 0) is 19.2 Å². The average molecular weight is 451 g/mol. The van der Waals surface area contributed by atoms with Crippen molar-refractivity contribution in [2.24, 2.45) is 11.7 Å². The van der Waals surface area contributed by atoms with Gasteiger partial charge in [0.25, 0.3) is 0 Å². The molecule has 8 N–H and O–H groups in total. The van der Waals surface area contributed by atoms with Crippen molar-refractivity contribution in [1.29, 1.82) is 0 Å². The maximum Gasteiger partial charge on any atom is 0.326 e. The van der Waals surface area contributed by atoms with Gasteiger partial charge in [0.2, 0.25) is 17.7 Å². The van der Waals surface area contributed by atoms with Crippen LogP contribution in [0.1, 0.15) is 33.6 Å². The third-order valence-corrected chi connectivity index (χ3v) is 5.26. The van der Waals surface area contributed by atoms with Crippen LogP contribution >= 0.6 is 11.8 Å². The molecule has 0 aliphatic heterocycles. The van der Waals surface area contributed by atoms with Gasteiger partial charge in [-0.15, -0.1) is 0 Å². The first kappa shape index (κ1) is 28.1. The Bertz CT molecular complexity index is 591. The lowest BCUT2D eigenvalue weighted by Crippen LogP contribution is -2.60. The number of aliphatic hydroxyl groups is 2. The molecule has 11 nitrogen and oxygen atoms in total. The molecule has 0 aliphatic carbocycles. The highest BCUT2D eigenvalue weighted by Crippen LogP contribution is 2.10. The number of thioether (sulfide) groups is 1. The number of aliphatic carboxylic acids is 1. The summed E-state index contributed by atoms with van der Waals surface area (Å²) in [5.74, 6) is -3.35. The second-order valence-electron chi connectivity index (χ2n) is 7.07. The Labute approximate surface area is 180 Å². The molecule has 0 heterocycles. The summed E-state index contributed by atoms with van der Waals surface area (Å²) in [5, 5.41) is 35.4. The molecule has 174 valence electrons. The van der Waals surface area contributed by atoms with E-state index in [4.69, 9.17) is 10.8 Å². The standard InChI is InChI=1S/C18H34N4O7S/c1-5-9(2)13(18(28)29)21-16(26)12(6-7-30-4)20-17(27)14(10(3)24)22-15(25)11(19)8-23/h9-14,23-24H,5-8,19H2,1-4H3,(H,20,27)(H,21,26)(H,22,25)(H,28,29). The van der Waals surface area contributed by atoms with E-state index in [-0.39, 0.29) is 12.3 Å². The molecule has 0 aromatic heterocycles. The number of hydrogen-bond acceptors (Lipinski definition) is 8. The van der Waals surface area contributed by atoms with Crippen LogP contribution in [0.2, 0.25) is 0 Å². The van der Waals surface area contributed by atoms with Crippen LogP contribution in [0.5, 0.6) is 0 Å². The third-order valence-electron chi connectivity index (χ3n) is 4.62. The van der Waals surface area contributed by atoms with Crippen molar-refractivity contribution in [2.75, 3.05) is 18.6 Å². The van der Waals surface area contributed by atoms with Crippen molar-refractivity contribution in [3.8, 4) is 0 Å². The molecule has 6 unspecified atom stereocenters. The molecular weight excluding hydrogens is 416 g/mol. The number of carbonyl (C=O) groups is 4. The number of aliphatic hydroxyl groups excluding tert-OH is 2. The molecule has 0 saturated heterocycles. The second-order valence-corrected chi connectivity index (χ2v) is 8.05. The lowest BCUT2D eigenvalue weighted by Gasteiger charge is -2.27. The van der Waals surface area contributed by atoms with E-state index in [0.717, 1.165) is 0 Å². The average Bonchev–Trinajstić information content (AvgIpc) is 2.70. The summed E-state index contributed by atoms with van der Waals surface area (Å²) in [6.07, 6.45) is 1.24. The number of carboxylic acids is 1. The van der Waals surface area contributed by atoms with Crippen LogP contribution in [0.25, 0.3) is 0 Å². The van der Waals surface area contributed by atoms with Crippen molar-refractivity contribution in [1.82, 2.24) is 16.0 Å². The van der Waals surface area contributed by atoms with Crippen molar-refractivity contribution in [3.63, 3.8) is 0 Å². The summed E-state index contributed by atoms with van der Waals surface area (Å²) >= 11 is 1.43. The molecule has 0 rings (SSSR count). The first-order valence-electron chi connectivity index (χ1n) is 9.67. The second kappa shape index (κ2) is 14.2. The van der Waals surface area contributed by atoms with E-state index in [9.17, 15) is 29.4 Å². The van der Waals surface area contributed by atoms with Gasteiger partial charge < -0.3 is 37.0 Å². The lowest BCUT2D eigenvalue weighted by atomic mass is 9.98. The van der Waals surface area contributed by atoms with E-state index in [1.54, 1.807) is 13.8 Å². The van der Waals surface area contributed by atoms with Crippen LogP contribution in [0.15, 0.2) is 0 Å². The van der Waals surface area contributed by atoms with Gasteiger partial charge in [-0.25, -0.2) is 4.79 Å². The van der Waals surface area contributed by atoms with E-state index in [1.807, 2.05) is 6.26 Å². The van der Waals surface area contributed by atoms with Crippen LogP contribution < -0.4 is 21.7 Å². The summed E-state index contributed by atoms with van der Waals surface area (Å²) in [6, 6.07) is -4.88. The fourth-order valence-corrected chi connectivity index (χ4v) is 2.92. The molecule has 0 radical (unpaired) electrons. The molecule has 0 fully saturated rings. The van der Waals surface area contributed by atoms with Gasteiger partial charge in [0.1, 0.15) is 24.2 Å². The van der Waals surface area contributed by atoms with Crippen molar-refractivity contribution in [2.45, 2.75) is 63.9 Å². The van der Waals surface area contributed by atoms with Gasteiger partial charge in [0.05, 0.1) is 12.7 Å². The number of carbonyl (C=O) groups excluding carboxylic acids is 3. The lowest BCUT2D eigenvalue weighted by molar-refractivity contribution is -0.144. The first-order chi connectivity index (χ1) is 14.0. The molecule has 0 aromatic carbocycles. The fourth-order valence-electron chi connectivity index (χ4n) is 2.45. The zero-order chi connectivity index (χ0) is 23.4. The summed E-state index contributed by atoms with van der Waals surface area (Å²) < 4.78 is 0. The van der Waals surface area contributed by atoms with Gasteiger partial charge in [0, 0.05) is 0 Å². The number of hydrogen-bond donors (Lipinski definition) is 7. The van der Waals surface area contributed by atoms with Crippen LogP contribution in [-0.4, -0.2) is 87.9 Å². The van der Waals surface area contributed by atoms with Gasteiger partial charge in [-0.2, -0.15) is 11.8 Å². The molecule has 6 atom stereocenters. The van der Waals surface area contributed by atoms with Crippen LogP contribution in [0.4, 0.5) is 0 Å². The van der Waals surface area contributed by atoms with E-state index in [2.05, 4.69) is 16.0 Å². The van der Waals surface area contributed by atoms with Crippen molar-refractivity contribution in [3.05, 3.63) is 0 Å². The maximum absolute atomic E-state index is 12.7. The van der Waals surface area contributed by atoms with Gasteiger partial charge in [-0.1, -0.05) is 20.3 Å². The summed E-state index contributed by atoms with van der Waals surface area (Å²) in [4.78, 5) is 48.7. The summed E-state index contributed by atoms with van der Waals surface area (Å²) in [5.41, 5.74) is 5.41. The highest BCUT2D eigenvalue weighted by Gasteiger charge is 2.33. The maximum atomic E-state index is 12.7. The minimum absolute atomic E-state index is 0.211. The molecule has 0 bridgehead atoms. The Morgan fingerprint density at radius 1 is 1.00 bits per heavy atom. The number of rotatable bonds is 14. The number of carboxylic acid groups (broad SMARTS) is 1. The Balaban J connectivity index is 5.40.